The van der Waals surface area contributed by atoms with Gasteiger partial charge in [-0.3, -0.25) is 4.79 Å². The number of carbonyl (C=O) groups is 3. The highest BCUT2D eigenvalue weighted by molar-refractivity contribution is 6.35. The lowest BCUT2D eigenvalue weighted by molar-refractivity contribution is -0.110. The summed E-state index contributed by atoms with van der Waals surface area (Å²) in [6.45, 7) is 12.0. The number of aryl methyl sites for hydroxylation is 1. The predicted molar refractivity (Wildman–Crippen MR) is 142 cm³/mol. The van der Waals surface area contributed by atoms with Crippen molar-refractivity contribution in [2.45, 2.75) is 53.2 Å². The first-order chi connectivity index (χ1) is 17.9. The number of anilines is 1. The minimum Gasteiger partial charge on any atom is -0.472 e. The Morgan fingerprint density at radius 1 is 1.24 bits per heavy atom. The number of pyridine rings is 1. The number of hydrogen-bond acceptors (Lipinski definition) is 8. The number of ether oxygens (including phenoxy) is 4. The van der Waals surface area contributed by atoms with Crippen molar-refractivity contribution in [2.75, 3.05) is 38.7 Å². The highest BCUT2D eigenvalue weighted by Gasteiger charge is 2.27. The van der Waals surface area contributed by atoms with Crippen LogP contribution in [0.4, 0.5) is 10.5 Å². The Bertz CT molecular complexity index is 1210. The molecule has 206 valence electrons. The van der Waals surface area contributed by atoms with Crippen LogP contribution in [-0.4, -0.2) is 78.0 Å². The first-order valence-electron chi connectivity index (χ1n) is 12.5. The van der Waals surface area contributed by atoms with Crippen molar-refractivity contribution in [2.24, 2.45) is 0 Å². The van der Waals surface area contributed by atoms with Crippen molar-refractivity contribution in [1.82, 2.24) is 14.9 Å². The summed E-state index contributed by atoms with van der Waals surface area (Å²) in [5, 5.41) is 2.78. The number of aromatic amines is 1. The maximum absolute atomic E-state index is 12.7. The van der Waals surface area contributed by atoms with Crippen LogP contribution in [0, 0.1) is 6.92 Å². The van der Waals surface area contributed by atoms with Crippen LogP contribution in [0.25, 0.3) is 11.6 Å². The fraction of sp³-hybridized carbons (Fsp3) is 0.481. The number of H-pyrrole nitrogens is 1. The standard InChI is InChI=1S/C27H36N4O7/c1-8-36-25(33)20-11-16(2)29-21(20)12-19-18-13-23(28-14-22(18)30-24(19)32)37-17(3)15-35-10-9-31(7)26(34)38-27(4,5)6/h11-14,17,29H,8-10,15H2,1-7H3,(H,30,32)/b19-12-/t17-/m0/s1. The summed E-state index contributed by atoms with van der Waals surface area (Å²) in [5.41, 5.74) is 2.56. The van der Waals surface area contributed by atoms with Gasteiger partial charge in [-0.05, 0) is 53.7 Å². The zero-order chi connectivity index (χ0) is 28.0. The summed E-state index contributed by atoms with van der Waals surface area (Å²) in [6, 6.07) is 3.36. The zero-order valence-corrected chi connectivity index (χ0v) is 23.0. The largest absolute Gasteiger partial charge is 0.472 e. The molecule has 2 N–H and O–H groups in total. The Hall–Kier alpha value is -3.86. The third-order valence-corrected chi connectivity index (χ3v) is 5.38. The molecule has 3 rings (SSSR count). The van der Waals surface area contributed by atoms with E-state index < -0.39 is 17.7 Å². The molecule has 0 spiro atoms. The lowest BCUT2D eigenvalue weighted by Gasteiger charge is -2.24. The van der Waals surface area contributed by atoms with E-state index in [4.69, 9.17) is 18.9 Å². The van der Waals surface area contributed by atoms with Gasteiger partial charge < -0.3 is 34.1 Å². The van der Waals surface area contributed by atoms with Crippen LogP contribution in [0.2, 0.25) is 0 Å². The van der Waals surface area contributed by atoms with Gasteiger partial charge in [-0.15, -0.1) is 0 Å². The Kier molecular flexibility index (Phi) is 9.16. The molecule has 2 aromatic rings. The minimum atomic E-state index is -0.559. The van der Waals surface area contributed by atoms with Crippen molar-refractivity contribution in [3.63, 3.8) is 0 Å². The van der Waals surface area contributed by atoms with E-state index in [1.54, 1.807) is 32.2 Å². The van der Waals surface area contributed by atoms with Gasteiger partial charge in [0.2, 0.25) is 5.88 Å². The maximum Gasteiger partial charge on any atom is 0.410 e. The van der Waals surface area contributed by atoms with E-state index in [2.05, 4.69) is 15.3 Å². The average molecular weight is 529 g/mol. The number of amides is 2. The van der Waals surface area contributed by atoms with Crippen molar-refractivity contribution >= 4 is 35.3 Å². The average Bonchev–Trinajstić information content (AvgIpc) is 3.34. The van der Waals surface area contributed by atoms with Crippen LogP contribution in [-0.2, 0) is 19.0 Å². The van der Waals surface area contributed by atoms with Gasteiger partial charge in [0.15, 0.2) is 0 Å². The molecule has 2 aromatic heterocycles. The molecule has 0 saturated heterocycles. The Labute approximate surface area is 222 Å². The van der Waals surface area contributed by atoms with Gasteiger partial charge in [0.05, 0.1) is 48.5 Å². The van der Waals surface area contributed by atoms with E-state index in [9.17, 15) is 14.4 Å². The van der Waals surface area contributed by atoms with E-state index in [0.717, 1.165) is 5.69 Å². The topological polar surface area (TPSA) is 132 Å². The molecule has 0 unspecified atom stereocenters. The molecule has 0 fully saturated rings. The molecule has 1 atom stereocenters. The first kappa shape index (κ1) is 28.7. The summed E-state index contributed by atoms with van der Waals surface area (Å²) in [5.74, 6) is -0.458. The lowest BCUT2D eigenvalue weighted by Crippen LogP contribution is -2.36. The molecule has 0 radical (unpaired) electrons. The molecule has 2 amide bonds. The van der Waals surface area contributed by atoms with Gasteiger partial charge >= 0.3 is 12.1 Å². The smallest absolute Gasteiger partial charge is 0.410 e. The second kappa shape index (κ2) is 12.1. The number of fused-ring (bicyclic) bond motifs is 1. The van der Waals surface area contributed by atoms with Gasteiger partial charge in [-0.25, -0.2) is 14.6 Å². The number of nitrogens with zero attached hydrogens (tertiary/aromatic N) is 2. The van der Waals surface area contributed by atoms with Crippen LogP contribution in [0.15, 0.2) is 18.3 Å². The molecular weight excluding hydrogens is 492 g/mol. The van der Waals surface area contributed by atoms with Crippen LogP contribution < -0.4 is 10.1 Å². The molecule has 0 saturated carbocycles. The van der Waals surface area contributed by atoms with Crippen molar-refractivity contribution < 1.29 is 33.3 Å². The second-order valence-corrected chi connectivity index (χ2v) is 9.99. The Balaban J connectivity index is 1.62. The predicted octanol–water partition coefficient (Wildman–Crippen LogP) is 4.04. The summed E-state index contributed by atoms with van der Waals surface area (Å²) >= 11 is 0. The molecule has 0 aromatic carbocycles. The zero-order valence-electron chi connectivity index (χ0n) is 23.0. The highest BCUT2D eigenvalue weighted by atomic mass is 16.6. The monoisotopic (exact) mass is 528 g/mol. The van der Waals surface area contributed by atoms with E-state index in [1.165, 1.54) is 11.1 Å². The number of hydrogen-bond donors (Lipinski definition) is 2. The maximum atomic E-state index is 12.7. The summed E-state index contributed by atoms with van der Waals surface area (Å²) in [6.07, 6.45) is 2.40. The number of rotatable bonds is 10. The number of likely N-dealkylation sites (N-methyl/N-ethyl adjacent to an activating group) is 1. The number of esters is 1. The number of aromatic nitrogens is 2. The van der Waals surface area contributed by atoms with E-state index in [0.29, 0.717) is 47.1 Å². The van der Waals surface area contributed by atoms with Crippen molar-refractivity contribution in [3.05, 3.63) is 40.8 Å². The van der Waals surface area contributed by atoms with E-state index in [1.807, 2.05) is 34.6 Å². The third-order valence-electron chi connectivity index (χ3n) is 5.38. The molecule has 0 aliphatic carbocycles. The normalized spacial score (nSPS) is 14.6. The molecule has 3 heterocycles. The molecule has 0 bridgehead atoms. The van der Waals surface area contributed by atoms with Crippen LogP contribution in [0.5, 0.6) is 5.88 Å². The molecule has 11 nitrogen and oxygen atoms in total. The third kappa shape index (κ3) is 7.58. The van der Waals surface area contributed by atoms with Crippen LogP contribution in [0.3, 0.4) is 0 Å². The molecule has 1 aliphatic rings. The van der Waals surface area contributed by atoms with Crippen LogP contribution in [0.1, 0.15) is 61.9 Å². The SMILES string of the molecule is CCOC(=O)c1cc(C)[nH]c1/C=C1\C(=O)Nc2cnc(O[C@@H](C)COCCN(C)C(=O)OC(C)(C)C)cc21. The highest BCUT2D eigenvalue weighted by Crippen LogP contribution is 2.35. The van der Waals surface area contributed by atoms with Gasteiger partial charge in [0.1, 0.15) is 11.7 Å². The molecule has 1 aliphatic heterocycles. The van der Waals surface area contributed by atoms with Gasteiger partial charge in [0.25, 0.3) is 5.91 Å². The Morgan fingerprint density at radius 3 is 2.66 bits per heavy atom. The van der Waals surface area contributed by atoms with Gasteiger partial charge in [-0.1, -0.05) is 0 Å². The first-order valence-corrected chi connectivity index (χ1v) is 12.5. The van der Waals surface area contributed by atoms with Crippen molar-refractivity contribution in [1.29, 1.82) is 0 Å². The van der Waals surface area contributed by atoms with E-state index in [-0.39, 0.29) is 25.2 Å². The molecular formula is C27H36N4O7. The van der Waals surface area contributed by atoms with Crippen molar-refractivity contribution in [3.8, 4) is 5.88 Å². The Morgan fingerprint density at radius 2 is 1.97 bits per heavy atom. The van der Waals surface area contributed by atoms with E-state index >= 15 is 0 Å². The molecule has 38 heavy (non-hydrogen) atoms. The summed E-state index contributed by atoms with van der Waals surface area (Å²) < 4.78 is 22.0. The van der Waals surface area contributed by atoms with Crippen LogP contribution >= 0.6 is 0 Å². The lowest BCUT2D eigenvalue weighted by atomic mass is 10.1. The quantitative estimate of drug-likeness (QED) is 0.268. The van der Waals surface area contributed by atoms with Gasteiger partial charge in [-0.2, -0.15) is 0 Å². The fourth-order valence-corrected chi connectivity index (χ4v) is 3.65. The summed E-state index contributed by atoms with van der Waals surface area (Å²) in [4.78, 5) is 45.9. The number of carbonyl (C=O) groups excluding carboxylic acids is 3. The minimum absolute atomic E-state index is 0.247. The fourth-order valence-electron chi connectivity index (χ4n) is 3.65. The number of nitrogens with one attached hydrogen (secondary N) is 2. The second-order valence-electron chi connectivity index (χ2n) is 9.99. The van der Waals surface area contributed by atoms with Gasteiger partial charge in [0, 0.05) is 30.9 Å². The molecule has 11 heteroatoms. The summed E-state index contributed by atoms with van der Waals surface area (Å²) in [7, 11) is 1.65.